The third-order valence-corrected chi connectivity index (χ3v) is 27.7. The van der Waals surface area contributed by atoms with Crippen molar-refractivity contribution in [3.05, 3.63) is 235 Å². The van der Waals surface area contributed by atoms with E-state index in [0.717, 1.165) is 82.1 Å². The van der Waals surface area contributed by atoms with Crippen molar-refractivity contribution >= 4 is 23.9 Å². The standard InChI is InChI=1S/C92H94O19/c93-74-30-76(95)68-26-66(74)82(58-1-9-62(10-2-58)86(101)102)67-27-69(77(96)31-75(67)94)84(60-5-13-64(14-6-60)88(104)110-47-107-44-91-37-52-20-53(38-91)22-54(21-52)39-91)71-29-73(81(100)33-79(71)98)85(61-7-15-65(16-8-61)89(105)111-48-108-45-92-40-55-23-56(41-92)25-57(24-55)42-92)72-28-70(78(97)32-80(72)99)83(68)59-3-11-63(12-4-59)87(103)109-46-106-43-90-34-49-17-50(35-90)19-51(18-49)36-90/h1-16,26-33,49-57,82-85,93-100H,17-25,34-48H2,(H,101,102). The summed E-state index contributed by atoms with van der Waals surface area (Å²) in [4.78, 5) is 54.5. The van der Waals surface area contributed by atoms with Gasteiger partial charge in [-0.2, -0.15) is 0 Å². The Kier molecular flexibility index (Phi) is 18.7. The predicted molar refractivity (Wildman–Crippen MR) is 406 cm³/mol. The Balaban J connectivity index is 0.741. The Labute approximate surface area is 643 Å². The summed E-state index contributed by atoms with van der Waals surface area (Å²) in [6.07, 6.45) is 21.6. The number of phenolic OH excluding ortho intramolecular Hbond substituents is 8. The lowest BCUT2D eigenvalue weighted by molar-refractivity contribution is -0.123. The molecule has 0 aliphatic heterocycles. The van der Waals surface area contributed by atoms with E-state index >= 15 is 0 Å². The fourth-order valence-corrected chi connectivity index (χ4v) is 24.4. The molecule has 13 aliphatic rings. The number of carboxylic acids is 1. The van der Waals surface area contributed by atoms with Crippen LogP contribution in [0.5, 0.6) is 46.0 Å². The fourth-order valence-electron chi connectivity index (χ4n) is 24.4. The van der Waals surface area contributed by atoms with E-state index < -0.39 is 93.5 Å². The van der Waals surface area contributed by atoms with Crippen molar-refractivity contribution in [3.8, 4) is 46.0 Å². The summed E-state index contributed by atoms with van der Waals surface area (Å²) in [7, 11) is 0. The van der Waals surface area contributed by atoms with Crippen molar-refractivity contribution in [1.82, 2.24) is 0 Å². The Hall–Kier alpha value is -10.1. The average Bonchev–Trinajstić information content (AvgIpc) is 0.816. The monoisotopic (exact) mass is 1500 g/mol. The highest BCUT2D eigenvalue weighted by Gasteiger charge is 2.54. The van der Waals surface area contributed by atoms with Gasteiger partial charge < -0.3 is 74.4 Å². The number of phenols is 8. The van der Waals surface area contributed by atoms with Crippen LogP contribution >= 0.6 is 0 Å². The number of carbonyl (C=O) groups is 4. The number of hydrogen-bond donors (Lipinski definition) is 9. The number of aromatic carboxylic acids is 1. The summed E-state index contributed by atoms with van der Waals surface area (Å²) in [6.45, 7) is 0.724. The highest BCUT2D eigenvalue weighted by atomic mass is 16.7. The minimum absolute atomic E-state index is 0.0175. The lowest BCUT2D eigenvalue weighted by atomic mass is 9.50. The van der Waals surface area contributed by atoms with Crippen molar-refractivity contribution < 1.29 is 93.6 Å². The summed E-state index contributed by atoms with van der Waals surface area (Å²) >= 11 is 0. The molecule has 0 spiro atoms. The smallest absolute Gasteiger partial charge is 0.340 e. The summed E-state index contributed by atoms with van der Waals surface area (Å²) in [5, 5.41) is 111. The van der Waals surface area contributed by atoms with Crippen LogP contribution < -0.4 is 0 Å². The first-order chi connectivity index (χ1) is 53.6. The Morgan fingerprint density at radius 3 is 0.631 bits per heavy atom. The van der Waals surface area contributed by atoms with Gasteiger partial charge in [0.1, 0.15) is 46.0 Å². The topological polar surface area (TPSA) is 306 Å². The number of fused-ring (bicyclic) bond motifs is 8. The van der Waals surface area contributed by atoms with Gasteiger partial charge >= 0.3 is 23.9 Å². The minimum atomic E-state index is -1.30. The molecule has 19 heteroatoms. The van der Waals surface area contributed by atoms with Gasteiger partial charge in [-0.05, 0) is 280 Å². The molecule has 576 valence electrons. The van der Waals surface area contributed by atoms with Crippen molar-refractivity contribution in [1.29, 1.82) is 0 Å². The molecule has 111 heavy (non-hydrogen) atoms. The Morgan fingerprint density at radius 2 is 0.450 bits per heavy atom. The van der Waals surface area contributed by atoms with Crippen molar-refractivity contribution in [2.24, 2.45) is 69.5 Å². The number of rotatable bonds is 20. The minimum Gasteiger partial charge on any atom is -0.507 e. The maximum absolute atomic E-state index is 14.0. The maximum atomic E-state index is 14.0. The Bertz CT molecular complexity index is 4610. The second-order valence-corrected chi connectivity index (χ2v) is 35.4. The number of benzene rings is 8. The van der Waals surface area contributed by atoms with E-state index in [4.69, 9.17) is 28.4 Å². The first-order valence-corrected chi connectivity index (χ1v) is 39.7. The van der Waals surface area contributed by atoms with Gasteiger partial charge in [-0.1, -0.05) is 48.5 Å². The molecule has 0 saturated heterocycles. The van der Waals surface area contributed by atoms with Crippen LogP contribution in [0, 0.1) is 69.5 Å². The molecule has 0 amide bonds. The van der Waals surface area contributed by atoms with Crippen molar-refractivity contribution in [2.45, 2.75) is 139 Å². The van der Waals surface area contributed by atoms with Gasteiger partial charge in [0.15, 0.2) is 20.4 Å². The molecule has 12 saturated carbocycles. The molecule has 9 N–H and O–H groups in total. The van der Waals surface area contributed by atoms with Gasteiger partial charge in [-0.3, -0.25) is 0 Å². The molecular weight excluding hydrogens is 1410 g/mol. The molecule has 8 aromatic rings. The van der Waals surface area contributed by atoms with E-state index in [1.54, 1.807) is 48.5 Å². The normalized spacial score (nSPS) is 29.4. The van der Waals surface area contributed by atoms with E-state index in [1.165, 1.54) is 131 Å². The average molecular weight is 1500 g/mol. The number of ether oxygens (including phenoxy) is 6. The number of carboxylic acid groups (broad SMARTS) is 1. The van der Waals surface area contributed by atoms with Crippen LogP contribution in [-0.4, -0.2) is 110 Å². The van der Waals surface area contributed by atoms with Gasteiger partial charge in [0.05, 0.1) is 42.1 Å². The molecule has 0 radical (unpaired) electrons. The lowest BCUT2D eigenvalue weighted by Crippen LogP contribution is -2.48. The zero-order chi connectivity index (χ0) is 76.4. The quantitative estimate of drug-likeness (QED) is 0.0148. The summed E-state index contributed by atoms with van der Waals surface area (Å²) in [6, 6.07) is 35.0. The van der Waals surface area contributed by atoms with E-state index in [-0.39, 0.29) is 103 Å². The Morgan fingerprint density at radius 1 is 0.270 bits per heavy atom. The fraction of sp³-hybridized carbons (Fsp3) is 0.435. The molecule has 20 bridgehead atoms. The predicted octanol–water partition coefficient (Wildman–Crippen LogP) is 17.1. The van der Waals surface area contributed by atoms with E-state index in [2.05, 4.69) is 0 Å². The second-order valence-electron chi connectivity index (χ2n) is 35.4. The summed E-state index contributed by atoms with van der Waals surface area (Å²) in [5.74, 6) is -6.00. The van der Waals surface area contributed by atoms with Gasteiger partial charge in [0.25, 0.3) is 0 Å². The highest BCUT2D eigenvalue weighted by Crippen LogP contribution is 2.64. The molecule has 2 atom stereocenters. The first kappa shape index (κ1) is 72.5. The van der Waals surface area contributed by atoms with Crippen molar-refractivity contribution in [3.63, 3.8) is 0 Å². The summed E-state index contributed by atoms with van der Waals surface area (Å²) < 4.78 is 35.7. The maximum Gasteiger partial charge on any atom is 0.340 e. The summed E-state index contributed by atoms with van der Waals surface area (Å²) in [5.41, 5.74) is 2.22. The number of aromatic hydroxyl groups is 8. The van der Waals surface area contributed by atoms with E-state index in [9.17, 15) is 65.1 Å². The SMILES string of the molecule is O=C(O)c1ccc(C2c3cc(c(O)cc3O)C(c3ccc(C(=O)OCOCC45CC6CC(CC(C6)C4)C5)cc3)c3cc(c(O)cc3O)C(c3ccc(C(=O)OCOCC45CC6CC(CC(C6)C4)C5)cc3)c3cc(c(O)cc3O)C(c3ccc(C(=O)OCOCC45CC6CC(CC(C6)C4)C5)cc3)c3cc2c(O)cc3O)cc1. The zero-order valence-corrected chi connectivity index (χ0v) is 61.9. The molecular formula is C92H94O19. The molecule has 0 aromatic heterocycles. The number of carbonyl (C=O) groups excluding carboxylic acids is 3. The zero-order valence-electron chi connectivity index (χ0n) is 61.9. The number of esters is 3. The molecule has 12 fully saturated rings. The molecule has 19 nitrogen and oxygen atoms in total. The van der Waals surface area contributed by atoms with E-state index in [0.29, 0.717) is 95.3 Å². The largest absolute Gasteiger partial charge is 0.507 e. The van der Waals surface area contributed by atoms with Crippen LogP contribution in [0.4, 0.5) is 0 Å². The van der Waals surface area contributed by atoms with Crippen LogP contribution in [0.25, 0.3) is 0 Å². The third-order valence-electron chi connectivity index (χ3n) is 27.7. The van der Waals surface area contributed by atoms with Gasteiger partial charge in [-0.25, -0.2) is 19.2 Å². The van der Waals surface area contributed by atoms with Gasteiger partial charge in [-0.15, -0.1) is 0 Å². The van der Waals surface area contributed by atoms with Crippen LogP contribution in [0.1, 0.15) is 247 Å². The van der Waals surface area contributed by atoms with Gasteiger partial charge in [0, 0.05) is 92.4 Å². The van der Waals surface area contributed by atoms with Crippen LogP contribution in [0.2, 0.25) is 0 Å². The van der Waals surface area contributed by atoms with Crippen molar-refractivity contribution in [2.75, 3.05) is 40.2 Å². The van der Waals surface area contributed by atoms with Crippen LogP contribution in [0.3, 0.4) is 0 Å². The molecule has 21 rings (SSSR count). The van der Waals surface area contributed by atoms with Crippen LogP contribution in [-0.2, 0) is 28.4 Å². The third kappa shape index (κ3) is 13.9. The second kappa shape index (κ2) is 28.6. The molecule has 0 heterocycles. The van der Waals surface area contributed by atoms with Crippen LogP contribution in [0.15, 0.2) is 146 Å². The van der Waals surface area contributed by atoms with Gasteiger partial charge in [0.2, 0.25) is 0 Å². The molecule has 8 aromatic carbocycles. The lowest BCUT2D eigenvalue weighted by Gasteiger charge is -2.56. The van der Waals surface area contributed by atoms with E-state index in [1.807, 2.05) is 0 Å². The first-order valence-electron chi connectivity index (χ1n) is 39.7. The number of hydrogen-bond acceptors (Lipinski definition) is 18. The molecule has 13 aliphatic carbocycles. The highest BCUT2D eigenvalue weighted by molar-refractivity contribution is 5.91. The molecule has 2 unspecified atom stereocenters.